The predicted octanol–water partition coefficient (Wildman–Crippen LogP) is 1.78. The van der Waals surface area contributed by atoms with Gasteiger partial charge >= 0.3 is 0 Å². The van der Waals surface area contributed by atoms with Crippen molar-refractivity contribution in [3.63, 3.8) is 0 Å². The van der Waals surface area contributed by atoms with Gasteiger partial charge in [0.25, 0.3) is 5.91 Å². The zero-order valence-corrected chi connectivity index (χ0v) is 17.7. The number of carbonyl (C=O) groups excluding carboxylic acids is 2. The van der Waals surface area contributed by atoms with Crippen molar-refractivity contribution < 1.29 is 22.7 Å². The lowest BCUT2D eigenvalue weighted by molar-refractivity contribution is -0.122. The Balaban J connectivity index is 1.86. The first kappa shape index (κ1) is 22.4. The van der Waals surface area contributed by atoms with Crippen molar-refractivity contribution in [2.75, 3.05) is 20.7 Å². The van der Waals surface area contributed by atoms with Crippen LogP contribution in [0.4, 0.5) is 0 Å². The summed E-state index contributed by atoms with van der Waals surface area (Å²) in [6, 6.07) is 11.3. The van der Waals surface area contributed by atoms with Crippen LogP contribution in [-0.2, 0) is 14.8 Å². The van der Waals surface area contributed by atoms with Gasteiger partial charge in [-0.2, -0.15) is 0 Å². The topological polar surface area (TPSA) is 105 Å². The van der Waals surface area contributed by atoms with Crippen LogP contribution in [0, 0.1) is 13.8 Å². The third-order valence-electron chi connectivity index (χ3n) is 3.98. The highest BCUT2D eigenvalue weighted by Gasteiger charge is 2.18. The van der Waals surface area contributed by atoms with Crippen molar-refractivity contribution in [3.8, 4) is 5.75 Å². The quantitative estimate of drug-likeness (QED) is 0.666. The maximum atomic E-state index is 12.2. The summed E-state index contributed by atoms with van der Waals surface area (Å²) in [5, 5.41) is 0. The summed E-state index contributed by atoms with van der Waals surface area (Å²) in [6.07, 6.45) is 0.0440. The zero-order valence-electron chi connectivity index (χ0n) is 16.9. The molecule has 2 aromatic carbocycles. The molecule has 0 aromatic heterocycles. The molecule has 0 aliphatic heterocycles. The first-order valence-electron chi connectivity index (χ1n) is 8.92. The number of carbonyl (C=O) groups is 2. The van der Waals surface area contributed by atoms with Gasteiger partial charge in [0.1, 0.15) is 5.75 Å². The number of ether oxygens (including phenoxy) is 1. The number of nitrogens with one attached hydrogen (secondary N) is 2. The Morgan fingerprint density at radius 1 is 1.00 bits per heavy atom. The van der Waals surface area contributed by atoms with Gasteiger partial charge in [0.2, 0.25) is 15.9 Å². The molecule has 0 unspecified atom stereocenters. The Bertz CT molecular complexity index is 983. The Kier molecular flexibility index (Phi) is 7.35. The molecule has 0 atom stereocenters. The summed E-state index contributed by atoms with van der Waals surface area (Å²) >= 11 is 0. The molecule has 2 aromatic rings. The number of hydrogen-bond donors (Lipinski definition) is 2. The second-order valence-electron chi connectivity index (χ2n) is 6.74. The molecule has 156 valence electrons. The molecule has 9 heteroatoms. The standard InChI is InChI=1S/C20H25N3O5S/c1-14-10-15(2)12-17(11-14)28-9-8-19(24)21-22-20(25)16-6-5-7-18(13-16)29(26,27)23(3)4/h5-7,10-13H,8-9H2,1-4H3,(H,21,24)(H,22,25). The summed E-state index contributed by atoms with van der Waals surface area (Å²) in [6.45, 7) is 4.07. The fourth-order valence-corrected chi connectivity index (χ4v) is 3.50. The van der Waals surface area contributed by atoms with E-state index in [2.05, 4.69) is 10.9 Å². The van der Waals surface area contributed by atoms with E-state index in [0.717, 1.165) is 15.4 Å². The van der Waals surface area contributed by atoms with E-state index < -0.39 is 21.8 Å². The number of amides is 2. The van der Waals surface area contributed by atoms with Crippen LogP contribution < -0.4 is 15.6 Å². The molecule has 0 saturated carbocycles. The third kappa shape index (κ3) is 6.30. The van der Waals surface area contributed by atoms with E-state index in [1.807, 2.05) is 32.0 Å². The average Bonchev–Trinajstić information content (AvgIpc) is 2.65. The van der Waals surface area contributed by atoms with Crippen LogP contribution in [0.5, 0.6) is 5.75 Å². The lowest BCUT2D eigenvalue weighted by Gasteiger charge is -2.12. The molecule has 2 rings (SSSR count). The lowest BCUT2D eigenvalue weighted by atomic mass is 10.1. The minimum absolute atomic E-state index is 0.0108. The number of benzene rings is 2. The summed E-state index contributed by atoms with van der Waals surface area (Å²) in [7, 11) is -0.849. The van der Waals surface area contributed by atoms with E-state index in [1.54, 1.807) is 0 Å². The molecule has 0 heterocycles. The highest BCUT2D eigenvalue weighted by molar-refractivity contribution is 7.89. The molecule has 0 aliphatic carbocycles. The fourth-order valence-electron chi connectivity index (χ4n) is 2.55. The van der Waals surface area contributed by atoms with Gasteiger partial charge in [0.05, 0.1) is 17.9 Å². The molecule has 0 spiro atoms. The molecular formula is C20H25N3O5S. The van der Waals surface area contributed by atoms with Gasteiger partial charge in [-0.3, -0.25) is 20.4 Å². The second kappa shape index (κ2) is 9.53. The molecule has 0 radical (unpaired) electrons. The fraction of sp³-hybridized carbons (Fsp3) is 0.300. The number of aryl methyl sites for hydroxylation is 2. The Morgan fingerprint density at radius 2 is 1.66 bits per heavy atom. The molecule has 0 bridgehead atoms. The van der Waals surface area contributed by atoms with E-state index in [1.165, 1.54) is 38.4 Å². The molecule has 2 N–H and O–H groups in total. The molecule has 0 fully saturated rings. The van der Waals surface area contributed by atoms with Crippen LogP contribution in [0.3, 0.4) is 0 Å². The van der Waals surface area contributed by atoms with Gasteiger partial charge in [-0.05, 0) is 55.3 Å². The maximum absolute atomic E-state index is 12.2. The monoisotopic (exact) mass is 419 g/mol. The van der Waals surface area contributed by atoms with Crippen molar-refractivity contribution in [3.05, 3.63) is 59.2 Å². The number of rotatable bonds is 7. The maximum Gasteiger partial charge on any atom is 0.269 e. The number of hydrogen-bond acceptors (Lipinski definition) is 5. The van der Waals surface area contributed by atoms with Crippen molar-refractivity contribution in [1.29, 1.82) is 0 Å². The summed E-state index contributed by atoms with van der Waals surface area (Å²) in [4.78, 5) is 24.1. The van der Waals surface area contributed by atoms with Crippen LogP contribution in [-0.4, -0.2) is 45.2 Å². The van der Waals surface area contributed by atoms with E-state index in [4.69, 9.17) is 4.74 Å². The molecule has 0 saturated heterocycles. The normalized spacial score (nSPS) is 11.2. The van der Waals surface area contributed by atoms with E-state index in [9.17, 15) is 18.0 Å². The molecule has 8 nitrogen and oxygen atoms in total. The van der Waals surface area contributed by atoms with E-state index in [0.29, 0.717) is 5.75 Å². The lowest BCUT2D eigenvalue weighted by Crippen LogP contribution is -2.42. The summed E-state index contributed by atoms with van der Waals surface area (Å²) < 4.78 is 30.9. The van der Waals surface area contributed by atoms with Crippen LogP contribution in [0.2, 0.25) is 0 Å². The molecule has 2 amide bonds. The highest BCUT2D eigenvalue weighted by atomic mass is 32.2. The minimum atomic E-state index is -3.66. The highest BCUT2D eigenvalue weighted by Crippen LogP contribution is 2.16. The van der Waals surface area contributed by atoms with Crippen molar-refractivity contribution in [2.45, 2.75) is 25.2 Å². The van der Waals surface area contributed by atoms with Crippen LogP contribution >= 0.6 is 0 Å². The first-order chi connectivity index (χ1) is 13.6. The predicted molar refractivity (Wildman–Crippen MR) is 109 cm³/mol. The number of hydrazine groups is 1. The largest absolute Gasteiger partial charge is 0.493 e. The van der Waals surface area contributed by atoms with Crippen molar-refractivity contribution in [1.82, 2.24) is 15.2 Å². The van der Waals surface area contributed by atoms with Crippen LogP contribution in [0.25, 0.3) is 0 Å². The Morgan fingerprint density at radius 3 is 2.28 bits per heavy atom. The first-order valence-corrected chi connectivity index (χ1v) is 10.4. The summed E-state index contributed by atoms with van der Waals surface area (Å²) in [5.74, 6) is -0.373. The van der Waals surface area contributed by atoms with Gasteiger partial charge in [-0.1, -0.05) is 12.1 Å². The Hall–Kier alpha value is -2.91. The van der Waals surface area contributed by atoms with Crippen molar-refractivity contribution in [2.24, 2.45) is 0 Å². The van der Waals surface area contributed by atoms with Crippen LogP contribution in [0.1, 0.15) is 27.9 Å². The average molecular weight is 420 g/mol. The SMILES string of the molecule is Cc1cc(C)cc(OCCC(=O)NNC(=O)c2cccc(S(=O)(=O)N(C)C)c2)c1. The molecule has 0 aliphatic rings. The van der Waals surface area contributed by atoms with Gasteiger partial charge in [-0.15, -0.1) is 0 Å². The van der Waals surface area contributed by atoms with E-state index >= 15 is 0 Å². The smallest absolute Gasteiger partial charge is 0.269 e. The van der Waals surface area contributed by atoms with E-state index in [-0.39, 0.29) is 23.5 Å². The van der Waals surface area contributed by atoms with Gasteiger partial charge in [0, 0.05) is 19.7 Å². The zero-order chi connectivity index (χ0) is 21.6. The molecular weight excluding hydrogens is 394 g/mol. The third-order valence-corrected chi connectivity index (χ3v) is 5.79. The van der Waals surface area contributed by atoms with Crippen LogP contribution in [0.15, 0.2) is 47.4 Å². The number of nitrogens with zero attached hydrogens (tertiary/aromatic N) is 1. The van der Waals surface area contributed by atoms with Gasteiger partial charge < -0.3 is 4.74 Å². The molecule has 29 heavy (non-hydrogen) atoms. The summed E-state index contributed by atoms with van der Waals surface area (Å²) in [5.41, 5.74) is 6.80. The second-order valence-corrected chi connectivity index (χ2v) is 8.89. The van der Waals surface area contributed by atoms with Gasteiger partial charge in [0.15, 0.2) is 0 Å². The Labute approximate surface area is 170 Å². The minimum Gasteiger partial charge on any atom is -0.493 e. The van der Waals surface area contributed by atoms with Crippen molar-refractivity contribution >= 4 is 21.8 Å². The number of sulfonamides is 1. The van der Waals surface area contributed by atoms with Gasteiger partial charge in [-0.25, -0.2) is 12.7 Å².